The number of nitrogens with one attached hydrogen (secondary N) is 2. The lowest BCUT2D eigenvalue weighted by Gasteiger charge is -2.03. The summed E-state index contributed by atoms with van der Waals surface area (Å²) in [6, 6.07) is 0. The van der Waals surface area contributed by atoms with E-state index in [1.807, 2.05) is 22.6 Å². The van der Waals surface area contributed by atoms with Crippen molar-refractivity contribution >= 4 is 38.6 Å². The second kappa shape index (κ2) is 6.51. The van der Waals surface area contributed by atoms with Crippen LogP contribution in [0.25, 0.3) is 0 Å². The molecule has 0 aliphatic heterocycles. The molecule has 0 saturated carbocycles. The Hall–Kier alpha value is 0.0700. The number of rotatable bonds is 6. The predicted molar refractivity (Wildman–Crippen MR) is 56.3 cm³/mol. The highest BCUT2D eigenvalue weighted by Gasteiger charge is 2.02. The molecule has 8 heteroatoms. The summed E-state index contributed by atoms with van der Waals surface area (Å²) < 4.78 is 29.0. The number of halogens is 1. The molecular weight excluding hydrogens is 311 g/mol. The van der Waals surface area contributed by atoms with Crippen molar-refractivity contribution in [3.63, 3.8) is 0 Å². The third-order valence-electron chi connectivity index (χ3n) is 1.03. The van der Waals surface area contributed by atoms with Gasteiger partial charge in [-0.2, -0.15) is 8.42 Å². The molecule has 6 nitrogen and oxygen atoms in total. The van der Waals surface area contributed by atoms with Crippen LogP contribution in [0.2, 0.25) is 0 Å². The zero-order chi connectivity index (χ0) is 10.3. The van der Waals surface area contributed by atoms with E-state index < -0.39 is 16.0 Å². The molecule has 0 rings (SSSR count). The normalized spacial score (nSPS) is 11.2. The van der Waals surface area contributed by atoms with Gasteiger partial charge in [-0.25, -0.2) is 0 Å². The topological polar surface area (TPSA) is 95.5 Å². The van der Waals surface area contributed by atoms with Crippen LogP contribution in [-0.4, -0.2) is 42.3 Å². The summed E-state index contributed by atoms with van der Waals surface area (Å²) in [5.74, 6) is -0.595. The Bertz CT molecular complexity index is 253. The molecule has 13 heavy (non-hydrogen) atoms. The Labute approximate surface area is 90.4 Å². The minimum absolute atomic E-state index is 0.103. The summed E-state index contributed by atoms with van der Waals surface area (Å²) in [7, 11) is -3.96. The fourth-order valence-corrected chi connectivity index (χ4v) is 1.21. The first-order valence-corrected chi connectivity index (χ1v) is 6.57. The summed E-state index contributed by atoms with van der Waals surface area (Å²) in [4.78, 5) is 10.7. The Morgan fingerprint density at radius 3 is 2.46 bits per heavy atom. The zero-order valence-corrected chi connectivity index (χ0v) is 9.76. The average molecular weight is 322 g/mol. The fraction of sp³-hybridized carbons (Fsp3) is 0.800. The molecule has 78 valence electrons. The van der Waals surface area contributed by atoms with E-state index in [4.69, 9.17) is 4.55 Å². The van der Waals surface area contributed by atoms with Crippen molar-refractivity contribution in [3.8, 4) is 0 Å². The number of carbonyl (C=O) groups is 1. The molecule has 1 amide bonds. The molecule has 0 aromatic carbocycles. The van der Waals surface area contributed by atoms with E-state index in [0.29, 0.717) is 17.5 Å². The minimum Gasteiger partial charge on any atom is -0.354 e. The molecule has 0 saturated heterocycles. The van der Waals surface area contributed by atoms with Crippen LogP contribution in [0.1, 0.15) is 0 Å². The molecular formula is C5H11IN2O4S. The minimum atomic E-state index is -3.96. The molecule has 0 aromatic heterocycles. The van der Waals surface area contributed by atoms with Gasteiger partial charge in [0, 0.05) is 13.1 Å². The van der Waals surface area contributed by atoms with Crippen LogP contribution < -0.4 is 10.6 Å². The summed E-state index contributed by atoms with van der Waals surface area (Å²) >= 11 is 1.92. The van der Waals surface area contributed by atoms with Gasteiger partial charge < -0.3 is 5.32 Å². The van der Waals surface area contributed by atoms with E-state index in [0.717, 1.165) is 0 Å². The predicted octanol–water partition coefficient (Wildman–Crippen LogP) is -1.03. The van der Waals surface area contributed by atoms with Gasteiger partial charge in [0.15, 0.2) is 0 Å². The van der Waals surface area contributed by atoms with Gasteiger partial charge in [-0.3, -0.25) is 14.7 Å². The highest BCUT2D eigenvalue weighted by Crippen LogP contribution is 1.79. The first kappa shape index (κ1) is 13.1. The Balaban J connectivity index is 3.33. The lowest BCUT2D eigenvalue weighted by molar-refractivity contribution is -0.118. The highest BCUT2D eigenvalue weighted by molar-refractivity contribution is 14.1. The summed E-state index contributed by atoms with van der Waals surface area (Å²) in [6.45, 7) is 0.652. The summed E-state index contributed by atoms with van der Waals surface area (Å²) in [6.07, 6.45) is 0. The molecule has 0 aliphatic carbocycles. The number of alkyl halides is 1. The van der Waals surface area contributed by atoms with Gasteiger partial charge in [0.1, 0.15) is 5.88 Å². The fourth-order valence-electron chi connectivity index (χ4n) is 0.539. The second-order valence-electron chi connectivity index (χ2n) is 2.21. The molecule has 0 spiro atoms. The van der Waals surface area contributed by atoms with Gasteiger partial charge in [-0.05, 0) is 0 Å². The van der Waals surface area contributed by atoms with Crippen LogP contribution in [0, 0.1) is 0 Å². The van der Waals surface area contributed by atoms with Crippen molar-refractivity contribution in [2.45, 2.75) is 0 Å². The van der Waals surface area contributed by atoms with Crippen LogP contribution in [0.3, 0.4) is 0 Å². The van der Waals surface area contributed by atoms with E-state index >= 15 is 0 Å². The smallest absolute Gasteiger partial charge is 0.278 e. The lowest BCUT2D eigenvalue weighted by atomic mass is 10.6. The van der Waals surface area contributed by atoms with E-state index in [2.05, 4.69) is 10.6 Å². The number of carbonyl (C=O) groups excluding carboxylic acids is 1. The summed E-state index contributed by atoms with van der Waals surface area (Å²) in [5.41, 5.74) is 0. The van der Waals surface area contributed by atoms with E-state index in [-0.39, 0.29) is 5.91 Å². The van der Waals surface area contributed by atoms with E-state index in [9.17, 15) is 13.2 Å². The Kier molecular flexibility index (Phi) is 6.55. The van der Waals surface area contributed by atoms with Gasteiger partial charge in [-0.1, -0.05) is 22.6 Å². The van der Waals surface area contributed by atoms with E-state index in [1.54, 1.807) is 0 Å². The highest BCUT2D eigenvalue weighted by atomic mass is 127. The van der Waals surface area contributed by atoms with Crippen molar-refractivity contribution in [1.29, 1.82) is 0 Å². The third-order valence-corrected chi connectivity index (χ3v) is 2.29. The maximum atomic E-state index is 10.7. The lowest BCUT2D eigenvalue weighted by Crippen LogP contribution is -2.34. The molecule has 0 aliphatic rings. The third kappa shape index (κ3) is 9.99. The van der Waals surface area contributed by atoms with Crippen LogP contribution in [0.4, 0.5) is 0 Å². The van der Waals surface area contributed by atoms with Crippen LogP contribution in [-0.2, 0) is 14.9 Å². The average Bonchev–Trinajstić information content (AvgIpc) is 2.01. The number of hydrogen-bond donors (Lipinski definition) is 3. The van der Waals surface area contributed by atoms with Crippen molar-refractivity contribution in [1.82, 2.24) is 10.6 Å². The van der Waals surface area contributed by atoms with E-state index in [1.165, 1.54) is 0 Å². The first-order valence-electron chi connectivity index (χ1n) is 3.44. The zero-order valence-electron chi connectivity index (χ0n) is 6.79. The van der Waals surface area contributed by atoms with Crippen LogP contribution in [0.5, 0.6) is 0 Å². The van der Waals surface area contributed by atoms with Gasteiger partial charge in [0.25, 0.3) is 10.1 Å². The second-order valence-corrected chi connectivity index (χ2v) is 4.43. The van der Waals surface area contributed by atoms with Gasteiger partial charge in [-0.15, -0.1) is 0 Å². The molecule has 0 aromatic rings. The van der Waals surface area contributed by atoms with Gasteiger partial charge >= 0.3 is 0 Å². The molecule has 0 atom stereocenters. The maximum Gasteiger partial charge on any atom is 0.278 e. The SMILES string of the molecule is O=C(CI)NCCNCS(=O)(=O)O. The van der Waals surface area contributed by atoms with Crippen LogP contribution in [0.15, 0.2) is 0 Å². The molecule has 0 radical (unpaired) electrons. The Morgan fingerprint density at radius 2 is 2.00 bits per heavy atom. The molecule has 0 unspecified atom stereocenters. The van der Waals surface area contributed by atoms with Crippen LogP contribution >= 0.6 is 22.6 Å². The summed E-state index contributed by atoms with van der Waals surface area (Å²) in [5, 5.41) is 4.98. The number of amides is 1. The van der Waals surface area contributed by atoms with Crippen molar-refractivity contribution in [2.24, 2.45) is 0 Å². The van der Waals surface area contributed by atoms with Gasteiger partial charge in [0.2, 0.25) is 5.91 Å². The van der Waals surface area contributed by atoms with Crippen molar-refractivity contribution in [3.05, 3.63) is 0 Å². The van der Waals surface area contributed by atoms with Crippen molar-refractivity contribution in [2.75, 3.05) is 23.4 Å². The largest absolute Gasteiger partial charge is 0.354 e. The quantitative estimate of drug-likeness (QED) is 0.252. The molecule has 3 N–H and O–H groups in total. The molecule has 0 heterocycles. The monoisotopic (exact) mass is 322 g/mol. The maximum absolute atomic E-state index is 10.7. The van der Waals surface area contributed by atoms with Crippen molar-refractivity contribution < 1.29 is 17.8 Å². The number of hydrogen-bond acceptors (Lipinski definition) is 4. The molecule has 0 fully saturated rings. The standard InChI is InChI=1S/C5H11IN2O4S/c6-3-5(9)8-2-1-7-4-13(10,11)12/h7H,1-4H2,(H,8,9)(H,10,11,12). The molecule has 0 bridgehead atoms. The Morgan fingerprint density at radius 1 is 1.38 bits per heavy atom. The first-order chi connectivity index (χ1) is 5.95. The van der Waals surface area contributed by atoms with Gasteiger partial charge in [0.05, 0.1) is 4.43 Å².